The smallest absolute Gasteiger partial charge is 0.201 e. The molecule has 0 aliphatic rings. The van der Waals surface area contributed by atoms with E-state index in [-0.39, 0.29) is 6.04 Å². The third-order valence-corrected chi connectivity index (χ3v) is 4.28. The number of anilines is 1. The van der Waals surface area contributed by atoms with Crippen molar-refractivity contribution in [3.05, 3.63) is 46.2 Å². The number of hydrogen-bond acceptors (Lipinski definition) is 4. The topological polar surface area (TPSA) is 67.6 Å². The lowest BCUT2D eigenvalue weighted by molar-refractivity contribution is 0.571. The molecule has 1 unspecified atom stereocenters. The van der Waals surface area contributed by atoms with Crippen molar-refractivity contribution in [3.63, 3.8) is 0 Å². The van der Waals surface area contributed by atoms with E-state index in [4.69, 9.17) is 11.0 Å². The lowest BCUT2D eigenvalue weighted by Crippen LogP contribution is -2.10. The van der Waals surface area contributed by atoms with Crippen molar-refractivity contribution < 1.29 is 0 Å². The molecule has 2 aromatic heterocycles. The van der Waals surface area contributed by atoms with E-state index in [0.717, 1.165) is 11.9 Å². The highest BCUT2D eigenvalue weighted by Gasteiger charge is 2.16. The normalized spacial score (nSPS) is 12.4. The second kappa shape index (κ2) is 4.99. The number of nitrogens with two attached hydrogens (primary N) is 1. The summed E-state index contributed by atoms with van der Waals surface area (Å²) >= 11 is 1.74. The van der Waals surface area contributed by atoms with E-state index in [1.165, 1.54) is 4.88 Å². The van der Waals surface area contributed by atoms with Gasteiger partial charge < -0.3 is 10.3 Å². The Morgan fingerprint density at radius 1 is 1.40 bits per heavy atom. The van der Waals surface area contributed by atoms with Crippen molar-refractivity contribution in [2.75, 3.05) is 5.73 Å². The highest BCUT2D eigenvalue weighted by Crippen LogP contribution is 2.27. The zero-order valence-electron chi connectivity index (χ0n) is 11.1. The number of hydrogen-bond donors (Lipinski definition) is 1. The van der Waals surface area contributed by atoms with Crippen molar-refractivity contribution in [2.45, 2.75) is 19.4 Å². The van der Waals surface area contributed by atoms with Gasteiger partial charge in [-0.25, -0.2) is 4.98 Å². The van der Waals surface area contributed by atoms with E-state index < -0.39 is 0 Å². The monoisotopic (exact) mass is 282 g/mol. The van der Waals surface area contributed by atoms with Crippen LogP contribution in [-0.4, -0.2) is 9.55 Å². The molecule has 1 atom stereocenters. The van der Waals surface area contributed by atoms with Gasteiger partial charge in [0, 0.05) is 17.3 Å². The molecule has 0 aliphatic carbocycles. The van der Waals surface area contributed by atoms with Gasteiger partial charge in [-0.2, -0.15) is 5.26 Å². The number of aromatic nitrogens is 2. The van der Waals surface area contributed by atoms with Crippen LogP contribution in [0.1, 0.15) is 23.4 Å². The van der Waals surface area contributed by atoms with Crippen LogP contribution >= 0.6 is 11.3 Å². The van der Waals surface area contributed by atoms with Gasteiger partial charge >= 0.3 is 0 Å². The van der Waals surface area contributed by atoms with Crippen molar-refractivity contribution in [3.8, 4) is 6.07 Å². The van der Waals surface area contributed by atoms with Crippen LogP contribution in [0.15, 0.2) is 35.7 Å². The molecular weight excluding hydrogens is 268 g/mol. The number of para-hydroxylation sites is 1. The molecule has 3 rings (SSSR count). The maximum Gasteiger partial charge on any atom is 0.201 e. The van der Waals surface area contributed by atoms with Crippen LogP contribution in [0, 0.1) is 11.3 Å². The molecule has 100 valence electrons. The Morgan fingerprint density at radius 3 is 2.95 bits per heavy atom. The maximum atomic E-state index is 9.14. The maximum absolute atomic E-state index is 9.14. The average Bonchev–Trinajstić information content (AvgIpc) is 3.04. The molecule has 20 heavy (non-hydrogen) atoms. The lowest BCUT2D eigenvalue weighted by Gasteiger charge is -2.15. The zero-order valence-corrected chi connectivity index (χ0v) is 11.9. The molecule has 0 spiro atoms. The number of fused-ring (bicyclic) bond motifs is 1. The predicted octanol–water partition coefficient (Wildman–Crippen LogP) is 3.36. The second-order valence-electron chi connectivity index (χ2n) is 4.76. The molecular formula is C15H14N4S. The number of benzene rings is 1. The van der Waals surface area contributed by atoms with E-state index in [0.29, 0.717) is 17.0 Å². The first-order valence-corrected chi connectivity index (χ1v) is 7.27. The molecule has 0 aliphatic heterocycles. The number of nitrogens with zero attached hydrogens (tertiary/aromatic N) is 3. The summed E-state index contributed by atoms with van der Waals surface area (Å²) in [5.41, 5.74) is 8.23. The van der Waals surface area contributed by atoms with Gasteiger partial charge in [-0.1, -0.05) is 12.1 Å². The standard InChI is InChI=1S/C15H14N4S/c1-10(8-12-5-3-7-20-12)19-13-6-2-4-11(9-16)14(13)18-15(19)17/h2-7,10H,8H2,1H3,(H2,17,18). The number of rotatable bonds is 3. The van der Waals surface area contributed by atoms with E-state index in [2.05, 4.69) is 35.5 Å². The number of thiophene rings is 1. The zero-order chi connectivity index (χ0) is 14.1. The first-order chi connectivity index (χ1) is 9.70. The van der Waals surface area contributed by atoms with Gasteiger partial charge in [-0.15, -0.1) is 11.3 Å². The van der Waals surface area contributed by atoms with Crippen LogP contribution in [-0.2, 0) is 6.42 Å². The van der Waals surface area contributed by atoms with E-state index >= 15 is 0 Å². The van der Waals surface area contributed by atoms with Gasteiger partial charge in [0.1, 0.15) is 11.6 Å². The van der Waals surface area contributed by atoms with E-state index in [1.54, 1.807) is 17.4 Å². The Balaban J connectivity index is 2.07. The quantitative estimate of drug-likeness (QED) is 0.801. The molecule has 1 aromatic carbocycles. The minimum atomic E-state index is 0.201. The summed E-state index contributed by atoms with van der Waals surface area (Å²) in [6.07, 6.45) is 0.907. The SMILES string of the molecule is CC(Cc1cccs1)n1c(N)nc2c(C#N)cccc21. The van der Waals surface area contributed by atoms with Crippen molar-refractivity contribution in [1.29, 1.82) is 5.26 Å². The summed E-state index contributed by atoms with van der Waals surface area (Å²) in [7, 11) is 0. The molecule has 0 amide bonds. The molecule has 0 fully saturated rings. The fourth-order valence-corrected chi connectivity index (χ4v) is 3.33. The molecule has 0 saturated carbocycles. The Kier molecular flexibility index (Phi) is 3.17. The van der Waals surface area contributed by atoms with Gasteiger partial charge in [-0.3, -0.25) is 0 Å². The van der Waals surface area contributed by atoms with Gasteiger partial charge in [0.05, 0.1) is 11.1 Å². The summed E-state index contributed by atoms with van der Waals surface area (Å²) in [4.78, 5) is 5.67. The van der Waals surface area contributed by atoms with Crippen LogP contribution in [0.25, 0.3) is 11.0 Å². The second-order valence-corrected chi connectivity index (χ2v) is 5.79. The minimum Gasteiger partial charge on any atom is -0.369 e. The molecule has 0 bridgehead atoms. The van der Waals surface area contributed by atoms with E-state index in [9.17, 15) is 0 Å². The van der Waals surface area contributed by atoms with Crippen LogP contribution in [0.3, 0.4) is 0 Å². The van der Waals surface area contributed by atoms with E-state index in [1.807, 2.05) is 16.7 Å². The summed E-state index contributed by atoms with van der Waals surface area (Å²) in [5.74, 6) is 0.465. The number of imidazole rings is 1. The fourth-order valence-electron chi connectivity index (χ4n) is 2.50. The van der Waals surface area contributed by atoms with Crippen LogP contribution in [0.4, 0.5) is 5.95 Å². The third kappa shape index (κ3) is 2.04. The highest BCUT2D eigenvalue weighted by molar-refractivity contribution is 7.09. The minimum absolute atomic E-state index is 0.201. The summed E-state index contributed by atoms with van der Waals surface area (Å²) < 4.78 is 2.01. The first-order valence-electron chi connectivity index (χ1n) is 6.39. The third-order valence-electron chi connectivity index (χ3n) is 3.39. The number of nitrogen functional groups attached to an aromatic ring is 1. The van der Waals surface area contributed by atoms with Gasteiger partial charge in [-0.05, 0) is 30.5 Å². The Hall–Kier alpha value is -2.32. The van der Waals surface area contributed by atoms with Crippen molar-refractivity contribution >= 4 is 28.3 Å². The van der Waals surface area contributed by atoms with Gasteiger partial charge in [0.15, 0.2) is 0 Å². The van der Waals surface area contributed by atoms with Crippen LogP contribution in [0.2, 0.25) is 0 Å². The van der Waals surface area contributed by atoms with Crippen LogP contribution in [0.5, 0.6) is 0 Å². The number of nitriles is 1. The largest absolute Gasteiger partial charge is 0.369 e. The Labute approximate surface area is 121 Å². The summed E-state index contributed by atoms with van der Waals surface area (Å²) in [6, 6.07) is 12.1. The molecule has 5 heteroatoms. The average molecular weight is 282 g/mol. The Bertz CT molecular complexity index is 780. The van der Waals surface area contributed by atoms with Crippen molar-refractivity contribution in [1.82, 2.24) is 9.55 Å². The summed E-state index contributed by atoms with van der Waals surface area (Å²) in [5, 5.41) is 11.2. The molecule has 2 N–H and O–H groups in total. The predicted molar refractivity (Wildman–Crippen MR) is 81.6 cm³/mol. The molecule has 3 aromatic rings. The first kappa shape index (κ1) is 12.7. The molecule has 2 heterocycles. The summed E-state index contributed by atoms with van der Waals surface area (Å²) in [6.45, 7) is 2.12. The van der Waals surface area contributed by atoms with Gasteiger partial charge in [0.25, 0.3) is 0 Å². The molecule has 0 radical (unpaired) electrons. The lowest BCUT2D eigenvalue weighted by atomic mass is 10.1. The molecule has 0 saturated heterocycles. The van der Waals surface area contributed by atoms with Crippen LogP contribution < -0.4 is 5.73 Å². The van der Waals surface area contributed by atoms with Crippen molar-refractivity contribution in [2.24, 2.45) is 0 Å². The Morgan fingerprint density at radius 2 is 2.25 bits per heavy atom. The molecule has 4 nitrogen and oxygen atoms in total. The fraction of sp³-hybridized carbons (Fsp3) is 0.200. The van der Waals surface area contributed by atoms with Gasteiger partial charge in [0.2, 0.25) is 5.95 Å². The highest BCUT2D eigenvalue weighted by atomic mass is 32.1.